The Hall–Kier alpha value is -1.83. The normalized spacial score (nSPS) is 11.7. The van der Waals surface area contributed by atoms with Crippen molar-refractivity contribution in [3.05, 3.63) is 28.8 Å². The molecule has 2 rings (SSSR count). The third-order valence-electron chi connectivity index (χ3n) is 3.40. The summed E-state index contributed by atoms with van der Waals surface area (Å²) in [4.78, 5) is 14.7. The quantitative estimate of drug-likeness (QED) is 0.817. The fourth-order valence-electron chi connectivity index (χ4n) is 2.07. The second kappa shape index (κ2) is 6.74. The second-order valence-corrected chi connectivity index (χ2v) is 6.20. The van der Waals surface area contributed by atoms with E-state index in [0.29, 0.717) is 22.7 Å². The molecule has 4 nitrogen and oxygen atoms in total. The SMILES string of the molecule is CCCn1nc(-c2ccc(C(=O)N(C)CC)s2)cc1C(F)(F)F. The molecule has 0 aliphatic carbocycles. The van der Waals surface area contributed by atoms with Gasteiger partial charge >= 0.3 is 6.18 Å². The van der Waals surface area contributed by atoms with Crippen molar-refractivity contribution in [1.29, 1.82) is 0 Å². The van der Waals surface area contributed by atoms with Gasteiger partial charge in [0.25, 0.3) is 5.91 Å². The predicted octanol–water partition coefficient (Wildman–Crippen LogP) is 4.13. The molecule has 0 aliphatic rings. The number of alkyl halides is 3. The minimum Gasteiger partial charge on any atom is -0.341 e. The monoisotopic (exact) mass is 345 g/mol. The maximum Gasteiger partial charge on any atom is 0.433 e. The highest BCUT2D eigenvalue weighted by molar-refractivity contribution is 7.17. The molecule has 0 aliphatic heterocycles. The Morgan fingerprint density at radius 3 is 2.61 bits per heavy atom. The van der Waals surface area contributed by atoms with Crippen LogP contribution in [0.25, 0.3) is 10.6 Å². The fraction of sp³-hybridized carbons (Fsp3) is 0.467. The van der Waals surface area contributed by atoms with E-state index in [1.165, 1.54) is 0 Å². The minimum atomic E-state index is -4.45. The number of hydrogen-bond acceptors (Lipinski definition) is 3. The van der Waals surface area contributed by atoms with Crippen molar-refractivity contribution in [1.82, 2.24) is 14.7 Å². The number of carbonyl (C=O) groups is 1. The molecule has 0 unspecified atom stereocenters. The van der Waals surface area contributed by atoms with Crippen LogP contribution in [0, 0.1) is 0 Å². The molecule has 1 amide bonds. The molecule has 0 spiro atoms. The molecule has 0 radical (unpaired) electrons. The smallest absolute Gasteiger partial charge is 0.341 e. The molecule has 2 aromatic rings. The summed E-state index contributed by atoms with van der Waals surface area (Å²) >= 11 is 1.15. The topological polar surface area (TPSA) is 38.1 Å². The number of thiophene rings is 1. The summed E-state index contributed by atoms with van der Waals surface area (Å²) in [6, 6.07) is 4.31. The van der Waals surface area contributed by atoms with Gasteiger partial charge in [-0.2, -0.15) is 18.3 Å². The van der Waals surface area contributed by atoms with Crippen LogP contribution in [0.2, 0.25) is 0 Å². The molecule has 0 atom stereocenters. The Balaban J connectivity index is 2.36. The van der Waals surface area contributed by atoms with Gasteiger partial charge in [-0.05, 0) is 31.5 Å². The maximum absolute atomic E-state index is 13.1. The summed E-state index contributed by atoms with van der Waals surface area (Å²) in [5.74, 6) is -0.146. The number of carbonyl (C=O) groups excluding carboxylic acids is 1. The highest BCUT2D eigenvalue weighted by atomic mass is 32.1. The zero-order valence-electron chi connectivity index (χ0n) is 13.1. The van der Waals surface area contributed by atoms with Gasteiger partial charge in [0.05, 0.1) is 9.75 Å². The lowest BCUT2D eigenvalue weighted by atomic mass is 10.3. The molecular weight excluding hydrogens is 327 g/mol. The first-order valence-corrected chi connectivity index (χ1v) is 8.10. The summed E-state index contributed by atoms with van der Waals surface area (Å²) in [5.41, 5.74) is -0.518. The molecule has 0 aromatic carbocycles. The van der Waals surface area contributed by atoms with Crippen molar-refractivity contribution in [2.75, 3.05) is 13.6 Å². The molecular formula is C15H18F3N3OS. The number of hydrogen-bond donors (Lipinski definition) is 0. The van der Waals surface area contributed by atoms with Crippen molar-refractivity contribution in [3.63, 3.8) is 0 Å². The predicted molar refractivity (Wildman–Crippen MR) is 83.5 cm³/mol. The van der Waals surface area contributed by atoms with Gasteiger partial charge < -0.3 is 4.90 Å². The minimum absolute atomic E-state index is 0.146. The van der Waals surface area contributed by atoms with Crippen molar-refractivity contribution >= 4 is 17.2 Å². The Kier molecular flexibility index (Phi) is 5.13. The average Bonchev–Trinajstić information content (AvgIpc) is 3.11. The molecule has 0 N–H and O–H groups in total. The van der Waals surface area contributed by atoms with Gasteiger partial charge in [0.2, 0.25) is 0 Å². The summed E-state index contributed by atoms with van der Waals surface area (Å²) < 4.78 is 40.2. The van der Waals surface area contributed by atoms with E-state index in [1.54, 1.807) is 31.0 Å². The molecule has 126 valence electrons. The van der Waals surface area contributed by atoms with E-state index >= 15 is 0 Å². The van der Waals surface area contributed by atoms with E-state index in [4.69, 9.17) is 0 Å². The lowest BCUT2D eigenvalue weighted by Crippen LogP contribution is -2.25. The lowest BCUT2D eigenvalue weighted by molar-refractivity contribution is -0.144. The number of rotatable bonds is 5. The molecule has 2 heterocycles. The van der Waals surface area contributed by atoms with Crippen molar-refractivity contribution in [2.24, 2.45) is 0 Å². The summed E-state index contributed by atoms with van der Waals surface area (Å²) in [6.07, 6.45) is -3.89. The maximum atomic E-state index is 13.1. The number of halogens is 3. The van der Waals surface area contributed by atoms with E-state index in [9.17, 15) is 18.0 Å². The van der Waals surface area contributed by atoms with E-state index in [1.807, 2.05) is 6.92 Å². The third kappa shape index (κ3) is 3.74. The Bertz CT molecular complexity index is 690. The molecule has 0 saturated heterocycles. The van der Waals surface area contributed by atoms with Crippen LogP contribution >= 0.6 is 11.3 Å². The molecule has 2 aromatic heterocycles. The molecule has 0 bridgehead atoms. The van der Waals surface area contributed by atoms with Crippen LogP contribution in [-0.4, -0.2) is 34.2 Å². The van der Waals surface area contributed by atoms with Crippen molar-refractivity contribution in [2.45, 2.75) is 33.0 Å². The van der Waals surface area contributed by atoms with Crippen LogP contribution in [0.5, 0.6) is 0 Å². The number of aromatic nitrogens is 2. The fourth-order valence-corrected chi connectivity index (χ4v) is 3.03. The van der Waals surface area contributed by atoms with E-state index in [-0.39, 0.29) is 18.1 Å². The zero-order chi connectivity index (χ0) is 17.2. The Morgan fingerprint density at radius 2 is 2.04 bits per heavy atom. The first kappa shape index (κ1) is 17.5. The van der Waals surface area contributed by atoms with E-state index < -0.39 is 11.9 Å². The van der Waals surface area contributed by atoms with Crippen molar-refractivity contribution in [3.8, 4) is 10.6 Å². The third-order valence-corrected chi connectivity index (χ3v) is 4.49. The van der Waals surface area contributed by atoms with Gasteiger partial charge in [-0.15, -0.1) is 11.3 Å². The second-order valence-electron chi connectivity index (χ2n) is 5.12. The van der Waals surface area contributed by atoms with Crippen LogP contribution in [0.15, 0.2) is 18.2 Å². The van der Waals surface area contributed by atoms with Gasteiger partial charge in [-0.1, -0.05) is 6.92 Å². The van der Waals surface area contributed by atoms with Crippen LogP contribution in [0.1, 0.15) is 35.6 Å². The highest BCUT2D eigenvalue weighted by Crippen LogP contribution is 2.34. The number of amides is 1. The van der Waals surface area contributed by atoms with E-state index in [0.717, 1.165) is 22.1 Å². The number of nitrogens with zero attached hydrogens (tertiary/aromatic N) is 3. The number of aryl methyl sites for hydroxylation is 1. The molecule has 0 saturated carbocycles. The van der Waals surface area contributed by atoms with Gasteiger partial charge in [0, 0.05) is 20.1 Å². The average molecular weight is 345 g/mol. The van der Waals surface area contributed by atoms with Crippen LogP contribution in [0.4, 0.5) is 13.2 Å². The van der Waals surface area contributed by atoms with Crippen LogP contribution < -0.4 is 0 Å². The zero-order valence-corrected chi connectivity index (χ0v) is 14.0. The van der Waals surface area contributed by atoms with Crippen molar-refractivity contribution < 1.29 is 18.0 Å². The standard InChI is InChI=1S/C15H18F3N3OS/c1-4-8-21-13(15(16,17)18)9-10(19-21)11-6-7-12(23-11)14(22)20(3)5-2/h6-7,9H,4-5,8H2,1-3H3. The first-order chi connectivity index (χ1) is 10.8. The highest BCUT2D eigenvalue weighted by Gasteiger charge is 2.36. The van der Waals surface area contributed by atoms with Crippen LogP contribution in [-0.2, 0) is 12.7 Å². The molecule has 23 heavy (non-hydrogen) atoms. The van der Waals surface area contributed by atoms with Crippen LogP contribution in [0.3, 0.4) is 0 Å². The summed E-state index contributed by atoms with van der Waals surface area (Å²) in [7, 11) is 1.68. The molecule has 8 heteroatoms. The van der Waals surface area contributed by atoms with Gasteiger partial charge in [0.15, 0.2) is 0 Å². The van der Waals surface area contributed by atoms with Gasteiger partial charge in [0.1, 0.15) is 11.4 Å². The summed E-state index contributed by atoms with van der Waals surface area (Å²) in [5, 5.41) is 4.06. The lowest BCUT2D eigenvalue weighted by Gasteiger charge is -2.12. The van der Waals surface area contributed by atoms with E-state index in [2.05, 4.69) is 5.10 Å². The largest absolute Gasteiger partial charge is 0.433 e. The first-order valence-electron chi connectivity index (χ1n) is 7.28. The van der Waals surface area contributed by atoms with Gasteiger partial charge in [-0.25, -0.2) is 0 Å². The molecule has 0 fully saturated rings. The Morgan fingerprint density at radius 1 is 1.35 bits per heavy atom. The summed E-state index contributed by atoms with van der Waals surface area (Å²) in [6.45, 7) is 4.42. The van der Waals surface area contributed by atoms with Gasteiger partial charge in [-0.3, -0.25) is 9.48 Å². The Labute approximate surface area is 136 Å².